The summed E-state index contributed by atoms with van der Waals surface area (Å²) in [5, 5.41) is 3.62. The fourth-order valence-corrected chi connectivity index (χ4v) is 2.45. The lowest BCUT2D eigenvalue weighted by Gasteiger charge is -2.17. The van der Waals surface area contributed by atoms with E-state index in [1.165, 1.54) is 0 Å². The number of fused-ring (bicyclic) bond motifs is 1. The zero-order valence-corrected chi connectivity index (χ0v) is 7.53. The number of allylic oxidation sites excluding steroid dienone is 4. The lowest BCUT2D eigenvalue weighted by molar-refractivity contribution is 0.660. The maximum Gasteiger partial charge on any atom is 0.0634 e. The second-order valence-corrected chi connectivity index (χ2v) is 4.05. The van der Waals surface area contributed by atoms with Crippen LogP contribution in [0.25, 0.3) is 0 Å². The van der Waals surface area contributed by atoms with Gasteiger partial charge in [0, 0.05) is 0 Å². The first-order valence-corrected chi connectivity index (χ1v) is 4.85. The molecule has 0 bridgehead atoms. The molecule has 66 valence electrons. The molecule has 3 aliphatic rings. The minimum absolute atomic E-state index is 0.239. The lowest BCUT2D eigenvalue weighted by Crippen LogP contribution is -2.23. The van der Waals surface area contributed by atoms with E-state index in [9.17, 15) is 0 Å². The van der Waals surface area contributed by atoms with Gasteiger partial charge in [-0.15, -0.1) is 0 Å². The Morgan fingerprint density at radius 1 is 0.769 bits per heavy atom. The van der Waals surface area contributed by atoms with Crippen molar-refractivity contribution in [3.63, 3.8) is 0 Å². The molecular weight excluding hydrogens is 158 g/mol. The second-order valence-electron chi connectivity index (χ2n) is 4.05. The van der Waals surface area contributed by atoms with Crippen LogP contribution in [0.3, 0.4) is 0 Å². The standard InChI is InChI=1S/C12H13N/c1-3-7-11(8-4-1)12(13-11)9-5-2-6-10-12/h1-7,9,13H,8,10H2. The van der Waals surface area contributed by atoms with Crippen LogP contribution in [0.4, 0.5) is 0 Å². The maximum atomic E-state index is 3.62. The first kappa shape index (κ1) is 7.34. The van der Waals surface area contributed by atoms with Gasteiger partial charge < -0.3 is 0 Å². The van der Waals surface area contributed by atoms with E-state index in [0.29, 0.717) is 0 Å². The predicted molar refractivity (Wildman–Crippen MR) is 54.4 cm³/mol. The van der Waals surface area contributed by atoms with Crippen molar-refractivity contribution in [1.82, 2.24) is 5.32 Å². The highest BCUT2D eigenvalue weighted by molar-refractivity contribution is 5.47. The van der Waals surface area contributed by atoms with Crippen molar-refractivity contribution in [2.45, 2.75) is 23.9 Å². The van der Waals surface area contributed by atoms with Gasteiger partial charge in [0.05, 0.1) is 11.1 Å². The van der Waals surface area contributed by atoms with Gasteiger partial charge in [0.2, 0.25) is 0 Å². The molecule has 2 atom stereocenters. The smallest absolute Gasteiger partial charge is 0.0634 e. The van der Waals surface area contributed by atoms with Crippen molar-refractivity contribution in [3.8, 4) is 0 Å². The Balaban J connectivity index is 1.92. The van der Waals surface area contributed by atoms with Crippen LogP contribution in [0.5, 0.6) is 0 Å². The minimum Gasteiger partial charge on any atom is -0.295 e. The highest BCUT2D eigenvalue weighted by atomic mass is 15.3. The number of hydrogen-bond acceptors (Lipinski definition) is 1. The summed E-state index contributed by atoms with van der Waals surface area (Å²) in [6.07, 6.45) is 19.9. The van der Waals surface area contributed by atoms with E-state index in [1.807, 2.05) is 0 Å². The first-order chi connectivity index (χ1) is 6.37. The van der Waals surface area contributed by atoms with Crippen molar-refractivity contribution in [1.29, 1.82) is 0 Å². The third kappa shape index (κ3) is 0.853. The quantitative estimate of drug-likeness (QED) is 0.554. The van der Waals surface area contributed by atoms with Gasteiger partial charge in [-0.25, -0.2) is 0 Å². The highest BCUT2D eigenvalue weighted by Crippen LogP contribution is 2.49. The summed E-state index contributed by atoms with van der Waals surface area (Å²) in [6.45, 7) is 0. The van der Waals surface area contributed by atoms with E-state index in [0.717, 1.165) is 12.8 Å². The fraction of sp³-hybridized carbons (Fsp3) is 0.333. The molecule has 0 aromatic carbocycles. The predicted octanol–water partition coefficient (Wildman–Crippen LogP) is 2.10. The first-order valence-electron chi connectivity index (χ1n) is 4.85. The molecule has 0 aromatic heterocycles. The average Bonchev–Trinajstić information content (AvgIpc) is 2.74. The molecule has 2 aliphatic carbocycles. The molecule has 1 fully saturated rings. The van der Waals surface area contributed by atoms with Gasteiger partial charge in [0.25, 0.3) is 0 Å². The van der Waals surface area contributed by atoms with Crippen LogP contribution in [0.2, 0.25) is 0 Å². The van der Waals surface area contributed by atoms with Gasteiger partial charge in [0.15, 0.2) is 0 Å². The molecule has 1 heterocycles. The average molecular weight is 171 g/mol. The van der Waals surface area contributed by atoms with Gasteiger partial charge >= 0.3 is 0 Å². The summed E-state index contributed by atoms with van der Waals surface area (Å²) in [5.74, 6) is 0. The summed E-state index contributed by atoms with van der Waals surface area (Å²) < 4.78 is 0. The number of nitrogens with one attached hydrogen (secondary N) is 1. The third-order valence-electron chi connectivity index (χ3n) is 3.32. The molecule has 1 saturated heterocycles. The summed E-state index contributed by atoms with van der Waals surface area (Å²) in [4.78, 5) is 0. The minimum atomic E-state index is 0.239. The molecule has 2 spiro atoms. The Kier molecular flexibility index (Phi) is 1.26. The molecule has 1 nitrogen and oxygen atoms in total. The zero-order valence-electron chi connectivity index (χ0n) is 7.53. The van der Waals surface area contributed by atoms with Gasteiger partial charge in [-0.2, -0.15) is 0 Å². The van der Waals surface area contributed by atoms with E-state index in [1.54, 1.807) is 0 Å². The fourth-order valence-electron chi connectivity index (χ4n) is 2.45. The maximum absolute atomic E-state index is 3.62. The number of hydrogen-bond donors (Lipinski definition) is 1. The van der Waals surface area contributed by atoms with Crippen LogP contribution >= 0.6 is 0 Å². The van der Waals surface area contributed by atoms with Gasteiger partial charge in [-0.1, -0.05) is 48.6 Å². The van der Waals surface area contributed by atoms with Crippen molar-refractivity contribution in [2.24, 2.45) is 0 Å². The van der Waals surface area contributed by atoms with E-state index in [2.05, 4.69) is 53.9 Å². The van der Waals surface area contributed by atoms with Crippen LogP contribution in [0.15, 0.2) is 48.6 Å². The highest BCUT2D eigenvalue weighted by Gasteiger charge is 2.62. The summed E-state index contributed by atoms with van der Waals surface area (Å²) >= 11 is 0. The monoisotopic (exact) mass is 171 g/mol. The Labute approximate surface area is 78.5 Å². The summed E-state index contributed by atoms with van der Waals surface area (Å²) in [6, 6.07) is 0. The largest absolute Gasteiger partial charge is 0.295 e. The van der Waals surface area contributed by atoms with E-state index >= 15 is 0 Å². The van der Waals surface area contributed by atoms with Gasteiger partial charge in [0.1, 0.15) is 0 Å². The lowest BCUT2D eigenvalue weighted by atomic mass is 9.83. The molecule has 2 unspecified atom stereocenters. The van der Waals surface area contributed by atoms with Crippen molar-refractivity contribution >= 4 is 0 Å². The molecule has 1 N–H and O–H groups in total. The molecule has 1 aliphatic heterocycles. The molecule has 13 heavy (non-hydrogen) atoms. The Bertz CT molecular complexity index is 314. The topological polar surface area (TPSA) is 21.9 Å². The van der Waals surface area contributed by atoms with Crippen LogP contribution in [-0.4, -0.2) is 11.1 Å². The molecular formula is C12H13N. The molecule has 3 rings (SSSR count). The Morgan fingerprint density at radius 3 is 1.69 bits per heavy atom. The second kappa shape index (κ2) is 2.24. The van der Waals surface area contributed by atoms with Gasteiger partial charge in [-0.3, -0.25) is 5.32 Å². The van der Waals surface area contributed by atoms with Crippen molar-refractivity contribution < 1.29 is 0 Å². The zero-order chi connectivity index (χ0) is 8.78. The van der Waals surface area contributed by atoms with E-state index in [-0.39, 0.29) is 11.1 Å². The Hall–Kier alpha value is -1.08. The summed E-state index contributed by atoms with van der Waals surface area (Å²) in [7, 11) is 0. The third-order valence-corrected chi connectivity index (χ3v) is 3.32. The van der Waals surface area contributed by atoms with Crippen LogP contribution in [-0.2, 0) is 0 Å². The molecule has 0 aromatic rings. The van der Waals surface area contributed by atoms with E-state index in [4.69, 9.17) is 0 Å². The van der Waals surface area contributed by atoms with Crippen LogP contribution in [0, 0.1) is 0 Å². The SMILES string of the molecule is C1=CCC2(C=C1)NC21C=CC=CC1. The van der Waals surface area contributed by atoms with Gasteiger partial charge in [-0.05, 0) is 12.8 Å². The summed E-state index contributed by atoms with van der Waals surface area (Å²) in [5.41, 5.74) is 0.478. The normalized spacial score (nSPS) is 44.9. The molecule has 0 saturated carbocycles. The molecule has 1 heteroatoms. The Morgan fingerprint density at radius 2 is 1.31 bits per heavy atom. The van der Waals surface area contributed by atoms with Crippen LogP contribution in [0.1, 0.15) is 12.8 Å². The molecule has 0 amide bonds. The molecule has 0 radical (unpaired) electrons. The van der Waals surface area contributed by atoms with Crippen molar-refractivity contribution in [2.75, 3.05) is 0 Å². The van der Waals surface area contributed by atoms with Crippen molar-refractivity contribution in [3.05, 3.63) is 48.6 Å². The number of rotatable bonds is 0. The van der Waals surface area contributed by atoms with E-state index < -0.39 is 0 Å². The van der Waals surface area contributed by atoms with Crippen LogP contribution < -0.4 is 5.32 Å².